The zero-order chi connectivity index (χ0) is 22.8. The van der Waals surface area contributed by atoms with Crippen LogP contribution in [0.1, 0.15) is 12.5 Å². The van der Waals surface area contributed by atoms with Gasteiger partial charge in [-0.2, -0.15) is 10.1 Å². The van der Waals surface area contributed by atoms with Crippen molar-refractivity contribution in [2.75, 3.05) is 26.3 Å². The summed E-state index contributed by atoms with van der Waals surface area (Å²) in [6, 6.07) is 11.4. The average Bonchev–Trinajstić information content (AvgIpc) is 3.39. The monoisotopic (exact) mass is 513 g/mol. The van der Waals surface area contributed by atoms with Gasteiger partial charge in [-0.15, -0.1) is 11.3 Å². The number of hydrogen-bond donors (Lipinski definition) is 0. The SMILES string of the molecule is COc1cc(/C=C2\C(=O)N(c3nc(-c4ccc(Br)cc4)cs3)N=C2C)cc(OC)c1OC. The van der Waals surface area contributed by atoms with Crippen LogP contribution in [-0.2, 0) is 4.79 Å². The number of ether oxygens (including phenoxy) is 3. The van der Waals surface area contributed by atoms with Gasteiger partial charge in [0, 0.05) is 15.4 Å². The molecule has 0 spiro atoms. The molecule has 3 aromatic rings. The van der Waals surface area contributed by atoms with Crippen LogP contribution in [0, 0.1) is 0 Å². The number of rotatable bonds is 6. The number of nitrogens with zero attached hydrogens (tertiary/aromatic N) is 3. The molecule has 1 aliphatic heterocycles. The lowest BCUT2D eigenvalue weighted by Crippen LogP contribution is -2.21. The summed E-state index contributed by atoms with van der Waals surface area (Å²) in [5, 5.41) is 8.21. The zero-order valence-corrected chi connectivity index (χ0v) is 20.3. The van der Waals surface area contributed by atoms with Gasteiger partial charge in [0.05, 0.1) is 38.3 Å². The molecule has 164 valence electrons. The van der Waals surface area contributed by atoms with Crippen molar-refractivity contribution < 1.29 is 19.0 Å². The molecular formula is C23H20BrN3O4S. The molecule has 2 aromatic carbocycles. The van der Waals surface area contributed by atoms with Gasteiger partial charge in [-0.1, -0.05) is 28.1 Å². The largest absolute Gasteiger partial charge is 0.493 e. The first-order chi connectivity index (χ1) is 15.4. The lowest BCUT2D eigenvalue weighted by Gasteiger charge is -2.13. The average molecular weight is 514 g/mol. The minimum atomic E-state index is -0.243. The summed E-state index contributed by atoms with van der Waals surface area (Å²) in [6.07, 6.45) is 1.76. The van der Waals surface area contributed by atoms with Crippen molar-refractivity contribution in [1.82, 2.24) is 4.98 Å². The Morgan fingerprint density at radius 1 is 1.03 bits per heavy atom. The van der Waals surface area contributed by atoms with Gasteiger partial charge in [0.1, 0.15) is 0 Å². The molecule has 0 bridgehead atoms. The lowest BCUT2D eigenvalue weighted by molar-refractivity contribution is -0.114. The van der Waals surface area contributed by atoms with Gasteiger partial charge in [-0.3, -0.25) is 4.79 Å². The van der Waals surface area contributed by atoms with Gasteiger partial charge in [-0.25, -0.2) is 4.98 Å². The lowest BCUT2D eigenvalue weighted by atomic mass is 10.1. The molecule has 0 unspecified atom stereocenters. The van der Waals surface area contributed by atoms with Gasteiger partial charge < -0.3 is 14.2 Å². The standard InChI is InChI=1S/C23H20BrN3O4S/c1-13-17(9-14-10-19(29-2)21(31-4)20(11-14)30-3)22(28)27(26-13)23-25-18(12-32-23)15-5-7-16(24)8-6-15/h5-12H,1-4H3/b17-9-. The van der Waals surface area contributed by atoms with Gasteiger partial charge in [0.2, 0.25) is 10.9 Å². The van der Waals surface area contributed by atoms with E-state index in [0.717, 1.165) is 21.3 Å². The quantitative estimate of drug-likeness (QED) is 0.412. The first kappa shape index (κ1) is 22.0. The molecule has 2 heterocycles. The minimum absolute atomic E-state index is 0.243. The van der Waals surface area contributed by atoms with Gasteiger partial charge in [-0.05, 0) is 42.8 Å². The van der Waals surface area contributed by atoms with Crippen molar-refractivity contribution >= 4 is 50.1 Å². The molecule has 7 nitrogen and oxygen atoms in total. The number of benzene rings is 2. The number of hydrazone groups is 1. The number of carbonyl (C=O) groups excluding carboxylic acids is 1. The molecule has 1 aliphatic rings. The highest BCUT2D eigenvalue weighted by atomic mass is 79.9. The normalized spacial score (nSPS) is 14.7. The van der Waals surface area contributed by atoms with Crippen LogP contribution < -0.4 is 19.2 Å². The van der Waals surface area contributed by atoms with Crippen molar-refractivity contribution in [3.05, 3.63) is 57.4 Å². The Bertz CT molecular complexity index is 1210. The van der Waals surface area contributed by atoms with Gasteiger partial charge in [0.15, 0.2) is 11.5 Å². The summed E-state index contributed by atoms with van der Waals surface area (Å²) in [5.74, 6) is 1.27. The summed E-state index contributed by atoms with van der Waals surface area (Å²) in [5.41, 5.74) is 3.56. The summed E-state index contributed by atoms with van der Waals surface area (Å²) in [4.78, 5) is 17.8. The molecule has 1 aromatic heterocycles. The predicted octanol–water partition coefficient (Wildman–Crippen LogP) is 5.40. The van der Waals surface area contributed by atoms with Crippen molar-refractivity contribution in [2.24, 2.45) is 5.10 Å². The summed E-state index contributed by atoms with van der Waals surface area (Å²) in [6.45, 7) is 1.80. The smallest absolute Gasteiger partial charge is 0.282 e. The molecule has 0 atom stereocenters. The van der Waals surface area contributed by atoms with E-state index in [4.69, 9.17) is 14.2 Å². The van der Waals surface area contributed by atoms with Crippen LogP contribution in [0.3, 0.4) is 0 Å². The number of methoxy groups -OCH3 is 3. The molecule has 4 rings (SSSR count). The van der Waals surface area contributed by atoms with Crippen molar-refractivity contribution in [2.45, 2.75) is 6.92 Å². The van der Waals surface area contributed by atoms with Crippen molar-refractivity contribution in [3.63, 3.8) is 0 Å². The molecule has 0 aliphatic carbocycles. The van der Waals surface area contributed by atoms with E-state index in [2.05, 4.69) is 26.0 Å². The summed E-state index contributed by atoms with van der Waals surface area (Å²) in [7, 11) is 4.65. The Hall–Kier alpha value is -3.17. The number of anilines is 1. The summed E-state index contributed by atoms with van der Waals surface area (Å²) >= 11 is 4.80. The zero-order valence-electron chi connectivity index (χ0n) is 17.9. The van der Waals surface area contributed by atoms with Crippen LogP contribution >= 0.6 is 27.3 Å². The van der Waals surface area contributed by atoms with E-state index in [1.54, 1.807) is 46.5 Å². The van der Waals surface area contributed by atoms with E-state index >= 15 is 0 Å². The second-order valence-corrected chi connectivity index (χ2v) is 8.59. The first-order valence-corrected chi connectivity index (χ1v) is 11.3. The van der Waals surface area contributed by atoms with Crippen molar-refractivity contribution in [3.8, 4) is 28.5 Å². The van der Waals surface area contributed by atoms with Gasteiger partial charge >= 0.3 is 0 Å². The Kier molecular flexibility index (Phi) is 6.29. The van der Waals surface area contributed by atoms with Gasteiger partial charge in [0.25, 0.3) is 5.91 Å². The predicted molar refractivity (Wildman–Crippen MR) is 130 cm³/mol. The maximum Gasteiger partial charge on any atom is 0.282 e. The molecule has 0 saturated heterocycles. The number of carbonyl (C=O) groups is 1. The fraction of sp³-hybridized carbons (Fsp3) is 0.174. The highest BCUT2D eigenvalue weighted by molar-refractivity contribution is 9.10. The molecular weight excluding hydrogens is 494 g/mol. The highest BCUT2D eigenvalue weighted by Crippen LogP contribution is 2.39. The molecule has 1 amide bonds. The van der Waals surface area contributed by atoms with E-state index < -0.39 is 0 Å². The highest BCUT2D eigenvalue weighted by Gasteiger charge is 2.31. The van der Waals surface area contributed by atoms with Crippen molar-refractivity contribution in [1.29, 1.82) is 0 Å². The Labute approximate surface area is 198 Å². The third-order valence-corrected chi connectivity index (χ3v) is 6.22. The van der Waals surface area contributed by atoms with Crippen LogP contribution in [0.2, 0.25) is 0 Å². The molecule has 0 saturated carbocycles. The van der Waals surface area contributed by atoms with E-state index in [9.17, 15) is 4.79 Å². The number of thiazole rings is 1. The third kappa shape index (κ3) is 4.13. The fourth-order valence-electron chi connectivity index (χ4n) is 3.28. The van der Waals surface area contributed by atoms with Crippen LogP contribution in [0.5, 0.6) is 17.2 Å². The van der Waals surface area contributed by atoms with Crippen LogP contribution in [0.25, 0.3) is 17.3 Å². The molecule has 0 radical (unpaired) electrons. The number of halogens is 1. The molecule has 0 N–H and O–H groups in total. The Balaban J connectivity index is 1.65. The number of amides is 1. The van der Waals surface area contributed by atoms with E-state index in [1.165, 1.54) is 16.3 Å². The second-order valence-electron chi connectivity index (χ2n) is 6.84. The Morgan fingerprint density at radius 3 is 2.28 bits per heavy atom. The third-order valence-electron chi connectivity index (χ3n) is 4.87. The summed E-state index contributed by atoms with van der Waals surface area (Å²) < 4.78 is 17.2. The van der Waals surface area contributed by atoms with Crippen LogP contribution in [0.4, 0.5) is 5.13 Å². The minimum Gasteiger partial charge on any atom is -0.493 e. The maximum absolute atomic E-state index is 13.2. The second kappa shape index (κ2) is 9.13. The number of hydrogen-bond acceptors (Lipinski definition) is 7. The number of aromatic nitrogens is 1. The molecule has 32 heavy (non-hydrogen) atoms. The van der Waals surface area contributed by atoms with Crippen LogP contribution in [0.15, 0.2) is 56.9 Å². The fourth-order valence-corrected chi connectivity index (χ4v) is 4.32. The molecule has 9 heteroatoms. The Morgan fingerprint density at radius 2 is 1.69 bits per heavy atom. The van der Waals surface area contributed by atoms with E-state index in [-0.39, 0.29) is 5.91 Å². The topological polar surface area (TPSA) is 73.2 Å². The van der Waals surface area contributed by atoms with E-state index in [1.807, 2.05) is 29.6 Å². The first-order valence-electron chi connectivity index (χ1n) is 9.58. The molecule has 0 fully saturated rings. The maximum atomic E-state index is 13.2. The van der Waals surface area contributed by atoms with Crippen LogP contribution in [-0.4, -0.2) is 37.9 Å². The van der Waals surface area contributed by atoms with E-state index in [0.29, 0.717) is 33.7 Å².